The Morgan fingerprint density at radius 1 is 1.00 bits per heavy atom. The van der Waals surface area contributed by atoms with E-state index in [-0.39, 0.29) is 17.1 Å². The minimum absolute atomic E-state index is 0.0791. The first kappa shape index (κ1) is 22.0. The van der Waals surface area contributed by atoms with E-state index < -0.39 is 31.9 Å². The van der Waals surface area contributed by atoms with Crippen LogP contribution in [0.3, 0.4) is 0 Å². The van der Waals surface area contributed by atoms with Gasteiger partial charge in [-0.2, -0.15) is 0 Å². The number of hydrogen-bond donors (Lipinski definition) is 1. The number of para-hydroxylation sites is 1. The summed E-state index contributed by atoms with van der Waals surface area (Å²) in [4.78, 5) is 23.2. The molecule has 31 heavy (non-hydrogen) atoms. The third-order valence-electron chi connectivity index (χ3n) is 4.54. The number of carbonyl (C=O) groups is 1. The number of ether oxygens (including phenoxy) is 1. The van der Waals surface area contributed by atoms with E-state index in [1.807, 2.05) is 6.07 Å². The Bertz CT molecular complexity index is 1180. The Kier molecular flexibility index (Phi) is 6.66. The van der Waals surface area contributed by atoms with Gasteiger partial charge in [0.2, 0.25) is 9.84 Å². The molecule has 0 saturated heterocycles. The maximum atomic E-state index is 13.3. The van der Waals surface area contributed by atoms with Gasteiger partial charge in [0.15, 0.2) is 5.37 Å². The van der Waals surface area contributed by atoms with E-state index in [1.165, 1.54) is 36.4 Å². The zero-order valence-corrected chi connectivity index (χ0v) is 17.4. The molecule has 0 bridgehead atoms. The minimum Gasteiger partial charge on any atom is -0.445 e. The van der Waals surface area contributed by atoms with Crippen LogP contribution in [0.15, 0.2) is 83.8 Å². The molecule has 0 fully saturated rings. The van der Waals surface area contributed by atoms with E-state index in [4.69, 9.17) is 4.74 Å². The van der Waals surface area contributed by atoms with Gasteiger partial charge in [-0.25, -0.2) is 13.2 Å². The summed E-state index contributed by atoms with van der Waals surface area (Å²) in [6.07, 6.45) is -1.01. The van der Waals surface area contributed by atoms with Gasteiger partial charge in [0, 0.05) is 6.07 Å². The number of rotatable bonds is 7. The molecular formula is C22H20N2O6S. The number of amides is 1. The first-order valence-electron chi connectivity index (χ1n) is 9.30. The van der Waals surface area contributed by atoms with Crippen molar-refractivity contribution >= 4 is 21.6 Å². The van der Waals surface area contributed by atoms with Gasteiger partial charge >= 0.3 is 6.09 Å². The molecule has 0 spiro atoms. The molecule has 3 aromatic rings. The summed E-state index contributed by atoms with van der Waals surface area (Å²) in [5.41, 5.74) is 0.967. The highest BCUT2D eigenvalue weighted by Crippen LogP contribution is 2.32. The van der Waals surface area contributed by atoms with Crippen molar-refractivity contribution in [1.29, 1.82) is 0 Å². The monoisotopic (exact) mass is 440 g/mol. The summed E-state index contributed by atoms with van der Waals surface area (Å²) in [6.45, 7) is 1.72. The van der Waals surface area contributed by atoms with Crippen molar-refractivity contribution in [2.24, 2.45) is 0 Å². The second-order valence-electron chi connectivity index (χ2n) is 6.76. The first-order valence-corrected chi connectivity index (χ1v) is 10.8. The molecule has 1 N–H and O–H groups in total. The lowest BCUT2D eigenvalue weighted by atomic mass is 10.2. The lowest BCUT2D eigenvalue weighted by molar-refractivity contribution is -0.385. The summed E-state index contributed by atoms with van der Waals surface area (Å²) >= 11 is 0. The molecule has 0 aliphatic rings. The zero-order valence-electron chi connectivity index (χ0n) is 16.6. The van der Waals surface area contributed by atoms with Crippen LogP contribution in [0.25, 0.3) is 0 Å². The van der Waals surface area contributed by atoms with Crippen LogP contribution in [0, 0.1) is 17.0 Å². The Morgan fingerprint density at radius 3 is 2.26 bits per heavy atom. The highest BCUT2D eigenvalue weighted by Gasteiger charge is 2.35. The maximum absolute atomic E-state index is 13.3. The van der Waals surface area contributed by atoms with Crippen molar-refractivity contribution in [3.8, 4) is 0 Å². The molecule has 1 unspecified atom stereocenters. The van der Waals surface area contributed by atoms with Gasteiger partial charge in [-0.15, -0.1) is 0 Å². The number of aryl methyl sites for hydroxylation is 1. The predicted molar refractivity (Wildman–Crippen MR) is 114 cm³/mol. The van der Waals surface area contributed by atoms with E-state index in [2.05, 4.69) is 5.32 Å². The molecule has 0 radical (unpaired) electrons. The van der Waals surface area contributed by atoms with E-state index in [0.29, 0.717) is 5.56 Å². The number of hydrogen-bond acceptors (Lipinski definition) is 6. The predicted octanol–water partition coefficient (Wildman–Crippen LogP) is 4.30. The fraction of sp³-hybridized carbons (Fsp3) is 0.136. The van der Waals surface area contributed by atoms with Crippen LogP contribution < -0.4 is 5.32 Å². The topological polar surface area (TPSA) is 116 Å². The van der Waals surface area contributed by atoms with E-state index in [9.17, 15) is 23.3 Å². The molecule has 160 valence electrons. The average molecular weight is 440 g/mol. The normalized spacial score (nSPS) is 12.0. The molecule has 0 heterocycles. The van der Waals surface area contributed by atoms with Crippen LogP contribution in [-0.2, 0) is 21.2 Å². The second-order valence-corrected chi connectivity index (χ2v) is 8.79. The molecule has 0 saturated carbocycles. The maximum Gasteiger partial charge on any atom is 0.408 e. The molecular weight excluding hydrogens is 420 g/mol. The number of benzene rings is 3. The quantitative estimate of drug-likeness (QED) is 0.432. The van der Waals surface area contributed by atoms with Crippen LogP contribution in [0.1, 0.15) is 22.1 Å². The standard InChI is InChI=1S/C22H20N2O6S/c1-16-11-13-18(14-12-16)31(28,29)21(19-9-5-6-10-20(19)24(26)27)23-22(25)30-15-17-7-3-2-4-8-17/h2-14,21H,15H2,1H3,(H,23,25). The summed E-state index contributed by atoms with van der Waals surface area (Å²) in [5.74, 6) is 0. The number of sulfone groups is 1. The van der Waals surface area contributed by atoms with E-state index in [1.54, 1.807) is 43.3 Å². The molecule has 0 aliphatic carbocycles. The van der Waals surface area contributed by atoms with Gasteiger partial charge in [0.1, 0.15) is 6.61 Å². The van der Waals surface area contributed by atoms with Crippen LogP contribution in [0.4, 0.5) is 10.5 Å². The van der Waals surface area contributed by atoms with Crippen molar-refractivity contribution in [3.63, 3.8) is 0 Å². The van der Waals surface area contributed by atoms with Gasteiger partial charge in [-0.3, -0.25) is 15.4 Å². The fourth-order valence-electron chi connectivity index (χ4n) is 2.93. The Labute approximate surface area is 179 Å². The van der Waals surface area contributed by atoms with E-state index in [0.717, 1.165) is 5.56 Å². The van der Waals surface area contributed by atoms with Crippen LogP contribution in [-0.4, -0.2) is 19.4 Å². The average Bonchev–Trinajstić information content (AvgIpc) is 2.77. The number of carbonyl (C=O) groups excluding carboxylic acids is 1. The smallest absolute Gasteiger partial charge is 0.408 e. The third kappa shape index (κ3) is 5.26. The molecule has 0 aliphatic heterocycles. The zero-order chi connectivity index (χ0) is 22.4. The minimum atomic E-state index is -4.22. The summed E-state index contributed by atoms with van der Waals surface area (Å²) < 4.78 is 31.8. The highest BCUT2D eigenvalue weighted by atomic mass is 32.2. The Balaban J connectivity index is 1.96. The number of alkyl carbamates (subject to hydrolysis) is 1. The summed E-state index contributed by atoms with van der Waals surface area (Å²) in [6, 6.07) is 20.2. The van der Waals surface area contributed by atoms with Crippen molar-refractivity contribution < 1.29 is 22.9 Å². The highest BCUT2D eigenvalue weighted by molar-refractivity contribution is 7.91. The summed E-state index contributed by atoms with van der Waals surface area (Å²) in [7, 11) is -4.22. The lowest BCUT2D eigenvalue weighted by Gasteiger charge is -2.20. The molecule has 3 aromatic carbocycles. The SMILES string of the molecule is Cc1ccc(S(=O)(=O)C(NC(=O)OCc2ccccc2)c2ccccc2[N+](=O)[O-])cc1. The first-order chi connectivity index (χ1) is 14.8. The summed E-state index contributed by atoms with van der Waals surface area (Å²) in [5, 5.41) is 12.1. The molecule has 1 amide bonds. The number of nitrogens with one attached hydrogen (secondary N) is 1. The van der Waals surface area contributed by atoms with Gasteiger partial charge < -0.3 is 4.74 Å². The Morgan fingerprint density at radius 2 is 1.61 bits per heavy atom. The molecule has 9 heteroatoms. The third-order valence-corrected chi connectivity index (χ3v) is 6.46. The lowest BCUT2D eigenvalue weighted by Crippen LogP contribution is -2.34. The van der Waals surface area contributed by atoms with Crippen molar-refractivity contribution in [1.82, 2.24) is 5.32 Å². The number of nitro benzene ring substituents is 1. The largest absolute Gasteiger partial charge is 0.445 e. The van der Waals surface area contributed by atoms with Crippen molar-refractivity contribution in [2.45, 2.75) is 23.8 Å². The van der Waals surface area contributed by atoms with Gasteiger partial charge in [-0.05, 0) is 30.7 Å². The van der Waals surface area contributed by atoms with Crippen LogP contribution >= 0.6 is 0 Å². The molecule has 1 atom stereocenters. The van der Waals surface area contributed by atoms with Crippen LogP contribution in [0.5, 0.6) is 0 Å². The van der Waals surface area contributed by atoms with Gasteiger partial charge in [0.05, 0.1) is 15.4 Å². The fourth-order valence-corrected chi connectivity index (χ4v) is 4.51. The molecule has 8 nitrogen and oxygen atoms in total. The number of nitrogens with zero attached hydrogens (tertiary/aromatic N) is 1. The molecule has 0 aromatic heterocycles. The molecule has 3 rings (SSSR count). The van der Waals surface area contributed by atoms with Crippen LogP contribution in [0.2, 0.25) is 0 Å². The number of nitro groups is 1. The van der Waals surface area contributed by atoms with Gasteiger partial charge in [-0.1, -0.05) is 60.2 Å². The second kappa shape index (κ2) is 9.40. The van der Waals surface area contributed by atoms with E-state index >= 15 is 0 Å². The van der Waals surface area contributed by atoms with Crippen molar-refractivity contribution in [3.05, 3.63) is 106 Å². The van der Waals surface area contributed by atoms with Crippen molar-refractivity contribution in [2.75, 3.05) is 0 Å². The van der Waals surface area contributed by atoms with Gasteiger partial charge in [0.25, 0.3) is 5.69 Å². The Hall–Kier alpha value is -3.72.